The lowest BCUT2D eigenvalue weighted by Gasteiger charge is -2.12. The average molecular weight is 683 g/mol. The molecule has 6 aromatic rings. The smallest absolute Gasteiger partial charge is 0.296 e. The average Bonchev–Trinajstić information content (AvgIpc) is 3.49. The van der Waals surface area contributed by atoms with Crippen molar-refractivity contribution in [2.45, 2.75) is 9.79 Å². The van der Waals surface area contributed by atoms with Crippen molar-refractivity contribution in [2.24, 2.45) is 10.2 Å². The van der Waals surface area contributed by atoms with Crippen LogP contribution < -0.4 is 20.8 Å². The zero-order valence-electron chi connectivity index (χ0n) is 24.6. The van der Waals surface area contributed by atoms with Crippen LogP contribution in [0.3, 0.4) is 0 Å². The molecule has 0 amide bonds. The number of hydrogen-bond donors (Lipinski definition) is 3. The molecule has 3 N–H and O–H groups in total. The molecule has 0 unspecified atom stereocenters. The van der Waals surface area contributed by atoms with Gasteiger partial charge in [0.25, 0.3) is 15.7 Å². The molecule has 0 aliphatic carbocycles. The number of pyridine rings is 1. The zero-order valence-corrected chi connectivity index (χ0v) is 26.3. The molecule has 0 spiro atoms. The number of hydrogen-bond acceptors (Lipinski definition) is 13. The molecule has 0 aliphatic heterocycles. The Bertz CT molecular complexity index is 2470. The second kappa shape index (κ2) is 13.6. The van der Waals surface area contributed by atoms with E-state index in [0.717, 1.165) is 18.1 Å². The molecule has 2 heterocycles. The number of aromatic nitrogens is 2. The third kappa shape index (κ3) is 6.32. The van der Waals surface area contributed by atoms with Crippen LogP contribution in [0.4, 0.5) is 17.1 Å². The highest BCUT2D eigenvalue weighted by Gasteiger charge is 2.22. The molecule has 0 saturated carbocycles. The first-order valence-electron chi connectivity index (χ1n) is 13.8. The minimum atomic E-state index is -4.86. The van der Waals surface area contributed by atoms with Gasteiger partial charge in [-0.1, -0.05) is 47.5 Å². The summed E-state index contributed by atoms with van der Waals surface area (Å²) in [5, 5.41) is 33.3. The molecular weight excluding hydrogens is 661 g/mol. The van der Waals surface area contributed by atoms with Gasteiger partial charge in [-0.05, 0) is 48.0 Å². The highest BCUT2D eigenvalue weighted by Crippen LogP contribution is 2.37. The van der Waals surface area contributed by atoms with Crippen LogP contribution in [0.15, 0.2) is 116 Å². The number of nitrogens with one attached hydrogen (secondary N) is 1. The van der Waals surface area contributed by atoms with E-state index in [4.69, 9.17) is 9.99 Å². The number of fused-ring (bicyclic) bond motifs is 3. The number of methoxy groups -OCH3 is 1. The monoisotopic (exact) mass is 682 g/mol. The first-order valence-corrected chi connectivity index (χ1v) is 16.0. The lowest BCUT2D eigenvalue weighted by Crippen LogP contribution is -2.34. The maximum atomic E-state index is 14.1. The molecule has 0 fully saturated rings. The first-order chi connectivity index (χ1) is 23.2. The highest BCUT2D eigenvalue weighted by atomic mass is 32.2. The number of ether oxygens (including phenoxy) is 1. The van der Waals surface area contributed by atoms with Crippen molar-refractivity contribution < 1.29 is 32.3 Å². The van der Waals surface area contributed by atoms with Crippen molar-refractivity contribution in [2.75, 3.05) is 12.4 Å². The predicted molar refractivity (Wildman–Crippen MR) is 177 cm³/mol. The van der Waals surface area contributed by atoms with Crippen LogP contribution >= 0.6 is 12.0 Å². The summed E-state index contributed by atoms with van der Waals surface area (Å²) in [4.78, 5) is 18.7. The molecule has 0 aliphatic rings. The van der Waals surface area contributed by atoms with Crippen molar-refractivity contribution in [3.63, 3.8) is 0 Å². The van der Waals surface area contributed by atoms with Crippen LogP contribution in [0.25, 0.3) is 34.0 Å². The molecule has 0 radical (unpaired) electrons. The van der Waals surface area contributed by atoms with E-state index in [0.29, 0.717) is 27.2 Å². The minimum absolute atomic E-state index is 0.0290. The third-order valence-electron chi connectivity index (χ3n) is 7.11. The minimum Gasteiger partial charge on any atom is -0.494 e. The number of imidazole rings is 1. The standard InChI is InChI=1S/C32H22N6O8S2/c1-44-28-15-26(29(48(41,42)43)16-25(28)37-36-20-11-13-21(14-12-20)47-46-45-40)34-18-23-30(19-7-3-2-4-8-19)22(17-33)31-35-24-9-5-6-10-27(24)38(31)32(23)39/h2-16,18,34,40H,1H3,(H,41,42,43). The van der Waals surface area contributed by atoms with E-state index in [1.807, 2.05) is 0 Å². The topological polar surface area (TPSA) is 197 Å². The van der Waals surface area contributed by atoms with Crippen molar-refractivity contribution in [1.29, 1.82) is 5.26 Å². The van der Waals surface area contributed by atoms with E-state index >= 15 is 0 Å². The highest BCUT2D eigenvalue weighted by molar-refractivity contribution is 7.94. The maximum Gasteiger partial charge on any atom is 0.296 e. The number of nitrogens with zero attached hydrogens (tertiary/aromatic N) is 5. The van der Waals surface area contributed by atoms with E-state index in [1.165, 1.54) is 23.8 Å². The normalized spacial score (nSPS) is 12.2. The van der Waals surface area contributed by atoms with Gasteiger partial charge in [0.2, 0.25) is 0 Å². The Kier molecular flexibility index (Phi) is 9.14. The van der Waals surface area contributed by atoms with Crippen LogP contribution in [-0.2, 0) is 19.5 Å². The summed E-state index contributed by atoms with van der Waals surface area (Å²) in [5.41, 5.74) is 1.83. The quantitative estimate of drug-likeness (QED) is 0.0498. The number of benzene rings is 4. The molecule has 48 heavy (non-hydrogen) atoms. The summed E-state index contributed by atoms with van der Waals surface area (Å²) in [7, 11) is -3.52. The van der Waals surface area contributed by atoms with Crippen LogP contribution in [0.1, 0.15) is 5.56 Å². The van der Waals surface area contributed by atoms with Gasteiger partial charge in [-0.2, -0.15) is 18.8 Å². The number of rotatable bonds is 10. The molecule has 0 bridgehead atoms. The molecule has 0 saturated heterocycles. The molecule has 4 aromatic carbocycles. The van der Waals surface area contributed by atoms with Crippen molar-refractivity contribution in [3.05, 3.63) is 112 Å². The van der Waals surface area contributed by atoms with E-state index < -0.39 is 20.6 Å². The van der Waals surface area contributed by atoms with E-state index in [9.17, 15) is 23.0 Å². The molecule has 0 atom stereocenters. The van der Waals surface area contributed by atoms with Gasteiger partial charge in [-0.3, -0.25) is 13.7 Å². The molecule has 2 aromatic heterocycles. The Morgan fingerprint density at radius 3 is 2.44 bits per heavy atom. The molecular formula is C32H22N6O8S2. The lowest BCUT2D eigenvalue weighted by atomic mass is 9.99. The maximum absolute atomic E-state index is 14.1. The van der Waals surface area contributed by atoms with Gasteiger partial charge in [0, 0.05) is 22.7 Å². The van der Waals surface area contributed by atoms with Gasteiger partial charge in [-0.15, -0.1) is 9.45 Å². The van der Waals surface area contributed by atoms with Gasteiger partial charge in [0.15, 0.2) is 5.65 Å². The second-order valence-corrected chi connectivity index (χ2v) is 12.1. The molecule has 240 valence electrons. The van der Waals surface area contributed by atoms with Crippen LogP contribution in [0.5, 0.6) is 5.75 Å². The Hall–Kier alpha value is -5.67. The zero-order chi connectivity index (χ0) is 33.8. The van der Waals surface area contributed by atoms with E-state index in [2.05, 4.69) is 36.0 Å². The van der Waals surface area contributed by atoms with Crippen LogP contribution in [0.2, 0.25) is 0 Å². The Balaban J connectivity index is 1.50. The third-order valence-corrected chi connectivity index (χ3v) is 8.60. The first kappa shape index (κ1) is 32.3. The van der Waals surface area contributed by atoms with Gasteiger partial charge in [0.05, 0.1) is 46.8 Å². The summed E-state index contributed by atoms with van der Waals surface area (Å²) in [6.45, 7) is 0. The summed E-state index contributed by atoms with van der Waals surface area (Å²) in [6.07, 6.45) is 1.27. The van der Waals surface area contributed by atoms with Gasteiger partial charge in [-0.25, -0.2) is 10.2 Å². The molecule has 16 heteroatoms. The van der Waals surface area contributed by atoms with Crippen LogP contribution in [0, 0.1) is 11.3 Å². The van der Waals surface area contributed by atoms with Crippen molar-refractivity contribution >= 4 is 62.1 Å². The number of para-hydroxylation sites is 2. The van der Waals surface area contributed by atoms with Gasteiger partial charge < -0.3 is 10.1 Å². The molecule has 6 rings (SSSR count). The summed E-state index contributed by atoms with van der Waals surface area (Å²) >= 11 is 0.754. The largest absolute Gasteiger partial charge is 0.494 e. The van der Waals surface area contributed by atoms with Gasteiger partial charge >= 0.3 is 0 Å². The fourth-order valence-electron chi connectivity index (χ4n) is 5.02. The SMILES string of the molecule is COc1cc(NC=c2c(-c3ccccc3)c(C#N)c3nc4ccccc4n3c2=O)c(S(=O)(=O)O)cc1N=Nc1ccc(SOOO)cc1. The van der Waals surface area contributed by atoms with Gasteiger partial charge in [0.1, 0.15) is 28.0 Å². The molecule has 14 nitrogen and oxygen atoms in total. The number of anilines is 1. The van der Waals surface area contributed by atoms with E-state index in [-0.39, 0.29) is 39.1 Å². The fourth-order valence-corrected chi connectivity index (χ4v) is 6.03. The summed E-state index contributed by atoms with van der Waals surface area (Å²) in [6, 6.07) is 26.6. The van der Waals surface area contributed by atoms with Crippen LogP contribution in [-0.4, -0.2) is 34.7 Å². The fraction of sp³-hybridized carbons (Fsp3) is 0.0312. The predicted octanol–water partition coefficient (Wildman–Crippen LogP) is 6.05. The summed E-state index contributed by atoms with van der Waals surface area (Å²) < 4.78 is 46.5. The van der Waals surface area contributed by atoms with Crippen molar-refractivity contribution in [1.82, 2.24) is 9.38 Å². The number of nitriles is 1. The second-order valence-electron chi connectivity index (χ2n) is 9.91. The lowest BCUT2D eigenvalue weighted by molar-refractivity contribution is -0.432. The Morgan fingerprint density at radius 1 is 1.02 bits per heavy atom. The Labute approximate surface area is 276 Å². The number of azo groups is 1. The summed E-state index contributed by atoms with van der Waals surface area (Å²) in [5.74, 6) is 0.0853. The van der Waals surface area contributed by atoms with Crippen molar-refractivity contribution in [3.8, 4) is 22.9 Å². The van der Waals surface area contributed by atoms with E-state index in [1.54, 1.807) is 78.9 Å². The Morgan fingerprint density at radius 2 is 1.75 bits per heavy atom.